The van der Waals surface area contributed by atoms with E-state index in [2.05, 4.69) is 28.1 Å². The predicted molar refractivity (Wildman–Crippen MR) is 42.6 cm³/mol. The van der Waals surface area contributed by atoms with E-state index >= 15 is 0 Å². The van der Waals surface area contributed by atoms with Crippen LogP contribution in [-0.4, -0.2) is 17.0 Å². The van der Waals surface area contributed by atoms with Crippen LogP contribution in [0, 0.1) is 0 Å². The van der Waals surface area contributed by atoms with Gasteiger partial charge in [-0.2, -0.15) is 0 Å². The van der Waals surface area contributed by atoms with Crippen molar-refractivity contribution in [3.05, 3.63) is 0 Å². The Labute approximate surface area is 63.5 Å². The highest BCUT2D eigenvalue weighted by molar-refractivity contribution is 9.09. The maximum atomic E-state index is 4.98. The van der Waals surface area contributed by atoms with Crippen LogP contribution in [0.1, 0.15) is 13.3 Å². The highest BCUT2D eigenvalue weighted by atomic mass is 79.9. The average Bonchev–Trinajstić information content (AvgIpc) is 1.66. The summed E-state index contributed by atoms with van der Waals surface area (Å²) in [7, 11) is 0. The molecule has 1 nitrogen and oxygen atoms in total. The van der Waals surface area contributed by atoms with E-state index in [1.54, 1.807) is 6.92 Å². The van der Waals surface area contributed by atoms with Gasteiger partial charge in [-0.25, -0.2) is 0 Å². The molecule has 0 bridgehead atoms. The molecule has 8 heavy (non-hydrogen) atoms. The molecule has 0 aromatic carbocycles. The number of hydrogen-bond donors (Lipinski definition) is 0. The van der Waals surface area contributed by atoms with Gasteiger partial charge in [0.05, 0.1) is 6.61 Å². The Morgan fingerprint density at radius 1 is 1.75 bits per heavy atom. The highest BCUT2D eigenvalue weighted by Crippen LogP contribution is 1.89. The van der Waals surface area contributed by atoms with Crippen molar-refractivity contribution in [2.45, 2.75) is 13.3 Å². The lowest BCUT2D eigenvalue weighted by atomic mass is 10.5. The van der Waals surface area contributed by atoms with Gasteiger partial charge in [-0.1, -0.05) is 15.9 Å². The zero-order valence-corrected chi connectivity index (χ0v) is 7.22. The van der Waals surface area contributed by atoms with E-state index in [9.17, 15) is 0 Å². The van der Waals surface area contributed by atoms with Gasteiger partial charge in [0, 0.05) is 12.3 Å². The molecule has 0 fully saturated rings. The van der Waals surface area contributed by atoms with Crippen LogP contribution in [0.5, 0.6) is 0 Å². The van der Waals surface area contributed by atoms with E-state index in [-0.39, 0.29) is 0 Å². The Morgan fingerprint density at radius 2 is 2.38 bits per heavy atom. The normalized spacial score (nSPS) is 8.75. The van der Waals surface area contributed by atoms with Crippen LogP contribution in [0.2, 0.25) is 0 Å². The molecule has 0 unspecified atom stereocenters. The van der Waals surface area contributed by atoms with Crippen LogP contribution in [0.25, 0.3) is 0 Å². The molecular weight excluding hydrogens is 188 g/mol. The van der Waals surface area contributed by atoms with Gasteiger partial charge in [0.1, 0.15) is 0 Å². The summed E-state index contributed by atoms with van der Waals surface area (Å²) in [4.78, 5) is 0. The topological polar surface area (TPSA) is 9.23 Å². The third-order valence-electron chi connectivity index (χ3n) is 0.583. The number of alkyl halides is 1. The van der Waals surface area contributed by atoms with Crippen LogP contribution in [0.15, 0.2) is 0 Å². The molecule has 0 rings (SSSR count). The van der Waals surface area contributed by atoms with Crippen LogP contribution in [0.4, 0.5) is 0 Å². The molecule has 0 heterocycles. The van der Waals surface area contributed by atoms with Crippen LogP contribution in [0.3, 0.4) is 0 Å². The summed E-state index contributed by atoms with van der Waals surface area (Å²) < 4.78 is 4.98. The third-order valence-corrected chi connectivity index (χ3v) is 1.26. The maximum Gasteiger partial charge on any atom is 0.156 e. The fourth-order valence-corrected chi connectivity index (χ4v) is 0.583. The molecule has 0 atom stereocenters. The van der Waals surface area contributed by atoms with Gasteiger partial charge >= 0.3 is 0 Å². The maximum absolute atomic E-state index is 4.98. The smallest absolute Gasteiger partial charge is 0.156 e. The van der Waals surface area contributed by atoms with Crippen molar-refractivity contribution in [1.29, 1.82) is 0 Å². The minimum Gasteiger partial charge on any atom is -0.487 e. The predicted octanol–water partition coefficient (Wildman–Crippen LogP) is 2.14. The lowest BCUT2D eigenvalue weighted by molar-refractivity contribution is 0.312. The van der Waals surface area contributed by atoms with E-state index in [4.69, 9.17) is 4.74 Å². The fourth-order valence-electron chi connectivity index (χ4n) is 0.270. The lowest BCUT2D eigenvalue weighted by Crippen LogP contribution is -1.97. The monoisotopic (exact) mass is 196 g/mol. The van der Waals surface area contributed by atoms with Gasteiger partial charge in [-0.3, -0.25) is 0 Å². The molecule has 0 N–H and O–H groups in total. The molecule has 0 aliphatic rings. The van der Waals surface area contributed by atoms with Gasteiger partial charge in [-0.05, 0) is 18.6 Å². The van der Waals surface area contributed by atoms with E-state index in [1.165, 1.54) is 0 Å². The molecule has 0 aliphatic carbocycles. The van der Waals surface area contributed by atoms with Gasteiger partial charge in [0.2, 0.25) is 0 Å². The standard InChI is InChI=1S/C5H9BrOS/c1-5(8)7-4-2-3-6/h2-4H2,1H3. The van der Waals surface area contributed by atoms with Crippen LogP contribution >= 0.6 is 28.1 Å². The molecule has 0 radical (unpaired) electrons. The summed E-state index contributed by atoms with van der Waals surface area (Å²) in [6, 6.07) is 0. The second kappa shape index (κ2) is 5.51. The summed E-state index contributed by atoms with van der Waals surface area (Å²) in [5.41, 5.74) is 0. The molecule has 0 spiro atoms. The Morgan fingerprint density at radius 3 is 2.75 bits per heavy atom. The van der Waals surface area contributed by atoms with Crippen molar-refractivity contribution in [3.8, 4) is 0 Å². The van der Waals surface area contributed by atoms with Gasteiger partial charge < -0.3 is 4.74 Å². The zero-order chi connectivity index (χ0) is 6.41. The lowest BCUT2D eigenvalue weighted by Gasteiger charge is -1.98. The average molecular weight is 197 g/mol. The van der Waals surface area contributed by atoms with Crippen molar-refractivity contribution >= 4 is 33.2 Å². The van der Waals surface area contributed by atoms with E-state index < -0.39 is 0 Å². The van der Waals surface area contributed by atoms with Crippen molar-refractivity contribution in [3.63, 3.8) is 0 Å². The number of halogens is 1. The van der Waals surface area contributed by atoms with Crippen LogP contribution in [-0.2, 0) is 4.74 Å². The Balaban J connectivity index is 2.82. The summed E-state index contributed by atoms with van der Waals surface area (Å²) in [5, 5.41) is 1.61. The molecule has 0 aliphatic heterocycles. The van der Waals surface area contributed by atoms with Crippen molar-refractivity contribution in [2.24, 2.45) is 0 Å². The summed E-state index contributed by atoms with van der Waals surface area (Å²) in [6.07, 6.45) is 1.02. The summed E-state index contributed by atoms with van der Waals surface area (Å²) >= 11 is 7.95. The molecule has 0 aromatic heterocycles. The molecule has 0 saturated heterocycles. The highest BCUT2D eigenvalue weighted by Gasteiger charge is 1.85. The quantitative estimate of drug-likeness (QED) is 0.389. The first-order chi connectivity index (χ1) is 3.77. The molecule has 0 aromatic rings. The van der Waals surface area contributed by atoms with Crippen molar-refractivity contribution in [1.82, 2.24) is 0 Å². The van der Waals surface area contributed by atoms with Gasteiger partial charge in [0.15, 0.2) is 5.05 Å². The van der Waals surface area contributed by atoms with Gasteiger partial charge in [0.25, 0.3) is 0 Å². The SMILES string of the molecule is CC(=S)OCCCBr. The largest absolute Gasteiger partial charge is 0.487 e. The van der Waals surface area contributed by atoms with Gasteiger partial charge in [-0.15, -0.1) is 0 Å². The minimum atomic E-state index is 0.631. The molecule has 0 saturated carbocycles. The zero-order valence-electron chi connectivity index (χ0n) is 4.82. The first-order valence-corrected chi connectivity index (χ1v) is 3.99. The second-order valence-corrected chi connectivity index (χ2v) is 2.75. The van der Waals surface area contributed by atoms with Crippen LogP contribution < -0.4 is 0 Å². The van der Waals surface area contributed by atoms with E-state index in [1.807, 2.05) is 0 Å². The number of rotatable bonds is 3. The first-order valence-electron chi connectivity index (χ1n) is 2.46. The number of ether oxygens (including phenoxy) is 1. The summed E-state index contributed by atoms with van der Waals surface area (Å²) in [6.45, 7) is 2.52. The van der Waals surface area contributed by atoms with Crippen molar-refractivity contribution < 1.29 is 4.74 Å². The Bertz CT molecular complexity index is 74.8. The number of hydrogen-bond acceptors (Lipinski definition) is 2. The molecule has 3 heteroatoms. The summed E-state index contributed by atoms with van der Waals surface area (Å²) in [5.74, 6) is 0. The third kappa shape index (κ3) is 6.37. The molecule has 0 amide bonds. The Hall–Kier alpha value is 0.370. The molecular formula is C5H9BrOS. The molecule has 48 valence electrons. The van der Waals surface area contributed by atoms with Crippen molar-refractivity contribution in [2.75, 3.05) is 11.9 Å². The van der Waals surface area contributed by atoms with E-state index in [0.717, 1.165) is 18.4 Å². The second-order valence-electron chi connectivity index (χ2n) is 1.38. The minimum absolute atomic E-state index is 0.631. The fraction of sp³-hybridized carbons (Fsp3) is 0.800. The number of thiocarbonyl (C=S) groups is 1. The van der Waals surface area contributed by atoms with E-state index in [0.29, 0.717) is 5.05 Å². The first kappa shape index (κ1) is 8.37. The Kier molecular flexibility index (Phi) is 5.76.